The van der Waals surface area contributed by atoms with E-state index in [-0.39, 0.29) is 12.5 Å². The molecule has 1 aromatic carbocycles. The molecule has 1 amide bonds. The maximum atomic E-state index is 12.9. The zero-order valence-electron chi connectivity index (χ0n) is 7.33. The van der Waals surface area contributed by atoms with Crippen LogP contribution in [0.3, 0.4) is 0 Å². The van der Waals surface area contributed by atoms with Crippen molar-refractivity contribution in [3.63, 3.8) is 0 Å². The minimum Gasteiger partial charge on any atom is -0.326 e. The Kier molecular flexibility index (Phi) is 3.11. The quantitative estimate of drug-likeness (QED) is 0.483. The van der Waals surface area contributed by atoms with Crippen LogP contribution < -0.4 is 5.32 Å². The minimum absolute atomic E-state index is 0.0512. The summed E-state index contributed by atoms with van der Waals surface area (Å²) in [4.78, 5) is 9.89. The lowest BCUT2D eigenvalue weighted by atomic mass is 10.1. The number of halogens is 6. The number of hydrogen-bond donors (Lipinski definition) is 1. The van der Waals surface area contributed by atoms with Crippen molar-refractivity contribution in [3.8, 4) is 0 Å². The van der Waals surface area contributed by atoms with Crippen LogP contribution >= 0.6 is 0 Å². The number of anilines is 1. The first-order chi connectivity index (χ1) is 7.29. The molecule has 8 heteroatoms. The molecule has 0 atom stereocenters. The summed E-state index contributed by atoms with van der Waals surface area (Å²) < 4.78 is 74.8. The van der Waals surface area contributed by atoms with E-state index in [1.165, 1.54) is 5.32 Å². The molecule has 0 saturated heterocycles. The average molecular weight is 243 g/mol. The fourth-order valence-corrected chi connectivity index (χ4v) is 1.02. The largest absolute Gasteiger partial charge is 0.422 e. The van der Waals surface area contributed by atoms with Crippen LogP contribution in [0.1, 0.15) is 5.56 Å². The second kappa shape index (κ2) is 4.03. The van der Waals surface area contributed by atoms with Gasteiger partial charge in [-0.05, 0) is 0 Å². The van der Waals surface area contributed by atoms with E-state index in [0.29, 0.717) is 0 Å². The number of benzene rings is 1. The highest BCUT2D eigenvalue weighted by Crippen LogP contribution is 2.36. The summed E-state index contributed by atoms with van der Waals surface area (Å²) in [5.74, 6) is -6.37. The number of alkyl halides is 3. The third kappa shape index (κ3) is 2.10. The van der Waals surface area contributed by atoms with Gasteiger partial charge in [0.15, 0.2) is 11.6 Å². The van der Waals surface area contributed by atoms with Gasteiger partial charge in [0.1, 0.15) is 11.4 Å². The van der Waals surface area contributed by atoms with Crippen molar-refractivity contribution in [2.75, 3.05) is 5.32 Å². The zero-order chi connectivity index (χ0) is 12.5. The predicted molar refractivity (Wildman–Crippen MR) is 41.0 cm³/mol. The fourth-order valence-electron chi connectivity index (χ4n) is 1.02. The molecule has 0 aliphatic carbocycles. The van der Waals surface area contributed by atoms with Gasteiger partial charge < -0.3 is 5.32 Å². The van der Waals surface area contributed by atoms with E-state index in [4.69, 9.17) is 0 Å². The van der Waals surface area contributed by atoms with E-state index in [2.05, 4.69) is 0 Å². The molecule has 0 radical (unpaired) electrons. The molecule has 0 heterocycles. The van der Waals surface area contributed by atoms with Gasteiger partial charge in [0, 0.05) is 6.07 Å². The smallest absolute Gasteiger partial charge is 0.326 e. The van der Waals surface area contributed by atoms with Crippen molar-refractivity contribution < 1.29 is 31.1 Å². The number of nitrogens with one attached hydrogen (secondary N) is 1. The highest BCUT2D eigenvalue weighted by Gasteiger charge is 2.39. The van der Waals surface area contributed by atoms with Gasteiger partial charge in [0.25, 0.3) is 0 Å². The molecule has 16 heavy (non-hydrogen) atoms. The summed E-state index contributed by atoms with van der Waals surface area (Å²) in [5.41, 5.74) is -3.33. The number of amides is 1. The lowest BCUT2D eigenvalue weighted by Crippen LogP contribution is -2.14. The second-order valence-electron chi connectivity index (χ2n) is 2.67. The van der Waals surface area contributed by atoms with E-state index < -0.39 is 34.9 Å². The van der Waals surface area contributed by atoms with Gasteiger partial charge in [-0.3, -0.25) is 4.79 Å². The molecule has 0 aliphatic heterocycles. The van der Waals surface area contributed by atoms with Crippen LogP contribution in [0.25, 0.3) is 0 Å². The maximum Gasteiger partial charge on any atom is 0.422 e. The van der Waals surface area contributed by atoms with Crippen molar-refractivity contribution >= 4 is 12.1 Å². The van der Waals surface area contributed by atoms with Gasteiger partial charge in [-0.15, -0.1) is 0 Å². The van der Waals surface area contributed by atoms with Crippen LogP contribution in [-0.4, -0.2) is 6.41 Å². The van der Waals surface area contributed by atoms with Gasteiger partial charge in [-0.25, -0.2) is 13.2 Å². The zero-order valence-corrected chi connectivity index (χ0v) is 7.33. The number of rotatable bonds is 2. The van der Waals surface area contributed by atoms with E-state index in [0.717, 1.165) is 0 Å². The molecule has 1 N–H and O–H groups in total. The summed E-state index contributed by atoms with van der Waals surface area (Å²) >= 11 is 0. The van der Waals surface area contributed by atoms with Crippen molar-refractivity contribution in [1.29, 1.82) is 0 Å². The molecule has 0 aromatic heterocycles. The predicted octanol–water partition coefficient (Wildman–Crippen LogP) is 2.69. The monoisotopic (exact) mass is 243 g/mol. The summed E-state index contributed by atoms with van der Waals surface area (Å²) in [7, 11) is 0. The van der Waals surface area contributed by atoms with Crippen LogP contribution in [-0.2, 0) is 11.0 Å². The number of hydrogen-bond acceptors (Lipinski definition) is 1. The minimum atomic E-state index is -5.35. The lowest BCUT2D eigenvalue weighted by Gasteiger charge is -2.11. The topological polar surface area (TPSA) is 29.1 Å². The van der Waals surface area contributed by atoms with Crippen molar-refractivity contribution in [1.82, 2.24) is 0 Å². The van der Waals surface area contributed by atoms with Crippen LogP contribution in [0.4, 0.5) is 32.0 Å². The molecule has 0 fully saturated rings. The van der Waals surface area contributed by atoms with Gasteiger partial charge in [-0.2, -0.15) is 13.2 Å². The summed E-state index contributed by atoms with van der Waals surface area (Å²) in [5, 5.41) is 1.53. The summed E-state index contributed by atoms with van der Waals surface area (Å²) in [6.07, 6.45) is -5.47. The van der Waals surface area contributed by atoms with E-state index in [9.17, 15) is 31.1 Å². The first-order valence-corrected chi connectivity index (χ1v) is 3.74. The molecule has 0 saturated carbocycles. The summed E-state index contributed by atoms with van der Waals surface area (Å²) in [6, 6.07) is 0.0512. The molecule has 1 rings (SSSR count). The normalized spacial score (nSPS) is 11.4. The fraction of sp³-hybridized carbons (Fsp3) is 0.125. The van der Waals surface area contributed by atoms with Crippen LogP contribution in [0.2, 0.25) is 0 Å². The van der Waals surface area contributed by atoms with Gasteiger partial charge >= 0.3 is 6.18 Å². The molecular weight excluding hydrogens is 240 g/mol. The van der Waals surface area contributed by atoms with Gasteiger partial charge in [0.2, 0.25) is 6.41 Å². The Morgan fingerprint density at radius 2 is 1.69 bits per heavy atom. The summed E-state index contributed by atoms with van der Waals surface area (Å²) in [6.45, 7) is 0. The molecule has 0 spiro atoms. The first kappa shape index (κ1) is 12.3. The van der Waals surface area contributed by atoms with Crippen LogP contribution in [0.5, 0.6) is 0 Å². The first-order valence-electron chi connectivity index (χ1n) is 3.74. The van der Waals surface area contributed by atoms with Crippen LogP contribution in [0.15, 0.2) is 6.07 Å². The Hall–Kier alpha value is -1.73. The third-order valence-electron chi connectivity index (χ3n) is 1.66. The molecule has 0 aliphatic rings. The SMILES string of the molecule is O=CNc1cc(F)c(C(F)(F)F)c(F)c1F. The van der Waals surface area contributed by atoms with E-state index in [1.54, 1.807) is 0 Å². The van der Waals surface area contributed by atoms with Crippen molar-refractivity contribution in [3.05, 3.63) is 29.1 Å². The standard InChI is InChI=1S/C8H3F6NO/c9-3-1-4(15-2-16)6(10)7(11)5(3)8(12,13)14/h1-2H,(H,15,16). The Morgan fingerprint density at radius 1 is 1.12 bits per heavy atom. The van der Waals surface area contributed by atoms with Crippen LogP contribution in [0, 0.1) is 17.5 Å². The van der Waals surface area contributed by atoms with E-state index >= 15 is 0 Å². The molecule has 0 unspecified atom stereocenters. The molecule has 2 nitrogen and oxygen atoms in total. The molecule has 0 bridgehead atoms. The Labute approximate surface area is 84.9 Å². The van der Waals surface area contributed by atoms with Crippen molar-refractivity contribution in [2.45, 2.75) is 6.18 Å². The number of carbonyl (C=O) groups is 1. The molecule has 1 aromatic rings. The van der Waals surface area contributed by atoms with E-state index in [1.807, 2.05) is 0 Å². The average Bonchev–Trinajstić information content (AvgIpc) is 2.12. The molecular formula is C8H3F6NO. The second-order valence-corrected chi connectivity index (χ2v) is 2.67. The van der Waals surface area contributed by atoms with Crippen molar-refractivity contribution in [2.24, 2.45) is 0 Å². The van der Waals surface area contributed by atoms with Gasteiger partial charge in [0.05, 0.1) is 5.69 Å². The molecule has 88 valence electrons. The maximum absolute atomic E-state index is 12.9. The Bertz CT molecular complexity index is 428. The Balaban J connectivity index is 3.46. The third-order valence-corrected chi connectivity index (χ3v) is 1.66. The highest BCUT2D eigenvalue weighted by molar-refractivity contribution is 5.71. The lowest BCUT2D eigenvalue weighted by molar-refractivity contribution is -0.142. The highest BCUT2D eigenvalue weighted by atomic mass is 19.4. The van der Waals surface area contributed by atoms with Gasteiger partial charge in [-0.1, -0.05) is 0 Å². The Morgan fingerprint density at radius 3 is 2.12 bits per heavy atom. The number of carbonyl (C=O) groups excluding carboxylic acids is 1.